The summed E-state index contributed by atoms with van der Waals surface area (Å²) in [4.78, 5) is -0.119. The van der Waals surface area contributed by atoms with Crippen LogP contribution in [0.5, 0.6) is 0 Å². The highest BCUT2D eigenvalue weighted by Gasteiger charge is 2.51. The fraction of sp³-hybridized carbons (Fsp3) is 0.429. The lowest BCUT2D eigenvalue weighted by Gasteiger charge is -2.24. The fourth-order valence-corrected chi connectivity index (χ4v) is 2.17. The van der Waals surface area contributed by atoms with Crippen LogP contribution in [0.15, 0.2) is 15.9 Å². The summed E-state index contributed by atoms with van der Waals surface area (Å²) in [5.41, 5.74) is -2.76. The first-order chi connectivity index (χ1) is 5.75. The van der Waals surface area contributed by atoms with Gasteiger partial charge in [-0.15, -0.1) is 11.3 Å². The van der Waals surface area contributed by atoms with Gasteiger partial charge in [0.05, 0.1) is 3.79 Å². The van der Waals surface area contributed by atoms with Crippen molar-refractivity contribution < 1.29 is 18.3 Å². The van der Waals surface area contributed by atoms with E-state index in [-0.39, 0.29) is 4.88 Å². The van der Waals surface area contributed by atoms with Crippen molar-refractivity contribution in [3.63, 3.8) is 0 Å². The summed E-state index contributed by atoms with van der Waals surface area (Å²) < 4.78 is 37.4. The molecule has 1 unspecified atom stereocenters. The Morgan fingerprint density at radius 3 is 2.23 bits per heavy atom. The van der Waals surface area contributed by atoms with Crippen LogP contribution in [0.4, 0.5) is 13.2 Å². The number of thiophene rings is 1. The maximum absolute atomic E-state index is 12.3. The molecule has 1 aromatic rings. The maximum Gasteiger partial charge on any atom is 0.421 e. The van der Waals surface area contributed by atoms with Crippen molar-refractivity contribution in [2.24, 2.45) is 0 Å². The van der Waals surface area contributed by atoms with Crippen LogP contribution in [0.3, 0.4) is 0 Å². The lowest BCUT2D eigenvalue weighted by atomic mass is 10.1. The summed E-state index contributed by atoms with van der Waals surface area (Å²) in [5.74, 6) is 0. The Bertz CT molecular complexity index is 305. The Kier molecular flexibility index (Phi) is 2.75. The molecule has 0 amide bonds. The summed E-state index contributed by atoms with van der Waals surface area (Å²) in [6.07, 6.45) is -4.64. The van der Waals surface area contributed by atoms with Gasteiger partial charge in [-0.1, -0.05) is 0 Å². The smallest absolute Gasteiger partial charge is 0.376 e. The van der Waals surface area contributed by atoms with Crippen LogP contribution in [-0.2, 0) is 5.60 Å². The molecule has 0 fully saturated rings. The van der Waals surface area contributed by atoms with Gasteiger partial charge in [0.1, 0.15) is 0 Å². The normalized spacial score (nSPS) is 17.1. The zero-order chi connectivity index (χ0) is 10.3. The van der Waals surface area contributed by atoms with Gasteiger partial charge < -0.3 is 5.11 Å². The van der Waals surface area contributed by atoms with E-state index >= 15 is 0 Å². The Morgan fingerprint density at radius 1 is 1.38 bits per heavy atom. The van der Waals surface area contributed by atoms with Crippen molar-refractivity contribution >= 4 is 27.3 Å². The monoisotopic (exact) mass is 274 g/mol. The van der Waals surface area contributed by atoms with Crippen LogP contribution in [0.1, 0.15) is 11.8 Å². The van der Waals surface area contributed by atoms with Crippen molar-refractivity contribution in [1.29, 1.82) is 0 Å². The van der Waals surface area contributed by atoms with Crippen LogP contribution in [-0.4, -0.2) is 11.3 Å². The highest BCUT2D eigenvalue weighted by atomic mass is 79.9. The zero-order valence-corrected chi connectivity index (χ0v) is 8.92. The van der Waals surface area contributed by atoms with E-state index in [0.29, 0.717) is 3.79 Å². The molecule has 74 valence electrons. The molecule has 0 aliphatic rings. The van der Waals surface area contributed by atoms with Crippen molar-refractivity contribution in [3.05, 3.63) is 20.8 Å². The number of halogens is 4. The largest absolute Gasteiger partial charge is 0.421 e. The average Bonchev–Trinajstić information content (AvgIpc) is 2.33. The third-order valence-corrected chi connectivity index (χ3v) is 3.44. The molecule has 1 rings (SSSR count). The molecule has 0 spiro atoms. The molecule has 0 saturated heterocycles. The van der Waals surface area contributed by atoms with Crippen LogP contribution in [0.25, 0.3) is 0 Å². The van der Waals surface area contributed by atoms with Gasteiger partial charge in [0.2, 0.25) is 0 Å². The highest BCUT2D eigenvalue weighted by Crippen LogP contribution is 2.42. The summed E-state index contributed by atoms with van der Waals surface area (Å²) >= 11 is 3.90. The second-order valence-electron chi connectivity index (χ2n) is 2.67. The molecule has 0 aliphatic carbocycles. The summed E-state index contributed by atoms with van der Waals surface area (Å²) in [7, 11) is 0. The zero-order valence-electron chi connectivity index (χ0n) is 6.52. The molecule has 1 N–H and O–H groups in total. The predicted molar refractivity (Wildman–Crippen MR) is 47.6 cm³/mol. The Balaban J connectivity index is 3.07. The minimum Gasteiger partial charge on any atom is -0.376 e. The van der Waals surface area contributed by atoms with Gasteiger partial charge in [0.15, 0.2) is 5.60 Å². The van der Waals surface area contributed by atoms with E-state index in [1.165, 1.54) is 12.1 Å². The Morgan fingerprint density at radius 2 is 1.92 bits per heavy atom. The maximum atomic E-state index is 12.3. The molecule has 0 bridgehead atoms. The topological polar surface area (TPSA) is 20.2 Å². The molecule has 1 nitrogen and oxygen atoms in total. The second kappa shape index (κ2) is 3.25. The predicted octanol–water partition coefficient (Wildman–Crippen LogP) is 3.28. The SMILES string of the molecule is CC(O)(c1ccc(Br)s1)C(F)(F)F. The molecule has 6 heteroatoms. The molecule has 1 aromatic heterocycles. The van der Waals surface area contributed by atoms with Crippen LogP contribution in [0, 0.1) is 0 Å². The number of hydrogen-bond acceptors (Lipinski definition) is 2. The van der Waals surface area contributed by atoms with Crippen LogP contribution < -0.4 is 0 Å². The molecule has 13 heavy (non-hydrogen) atoms. The lowest BCUT2D eigenvalue weighted by Crippen LogP contribution is -2.38. The van der Waals surface area contributed by atoms with Gasteiger partial charge in [-0.3, -0.25) is 0 Å². The van der Waals surface area contributed by atoms with E-state index in [0.717, 1.165) is 18.3 Å². The van der Waals surface area contributed by atoms with Gasteiger partial charge in [-0.2, -0.15) is 13.2 Å². The standard InChI is InChI=1S/C7H6BrF3OS/c1-6(12,7(9,10)11)4-2-3-5(8)13-4/h2-3,12H,1H3. The van der Waals surface area contributed by atoms with Gasteiger partial charge in [0, 0.05) is 4.88 Å². The average molecular weight is 275 g/mol. The number of aliphatic hydroxyl groups is 1. The van der Waals surface area contributed by atoms with Gasteiger partial charge in [-0.05, 0) is 35.0 Å². The summed E-state index contributed by atoms with van der Waals surface area (Å²) in [5, 5.41) is 9.20. The van der Waals surface area contributed by atoms with E-state index in [4.69, 9.17) is 0 Å². The summed E-state index contributed by atoms with van der Waals surface area (Å²) in [6.45, 7) is 0.741. The molecule has 1 heterocycles. The minimum atomic E-state index is -4.64. The quantitative estimate of drug-likeness (QED) is 0.833. The van der Waals surface area contributed by atoms with E-state index in [9.17, 15) is 18.3 Å². The molecule has 1 atom stereocenters. The second-order valence-corrected chi connectivity index (χ2v) is 5.14. The van der Waals surface area contributed by atoms with E-state index < -0.39 is 11.8 Å². The number of alkyl halides is 3. The van der Waals surface area contributed by atoms with Crippen molar-refractivity contribution in [1.82, 2.24) is 0 Å². The van der Waals surface area contributed by atoms with Crippen molar-refractivity contribution in [2.75, 3.05) is 0 Å². The Labute approximate surface area is 85.3 Å². The van der Waals surface area contributed by atoms with Gasteiger partial charge in [0.25, 0.3) is 0 Å². The van der Waals surface area contributed by atoms with Crippen LogP contribution >= 0.6 is 27.3 Å². The highest BCUT2D eigenvalue weighted by molar-refractivity contribution is 9.11. The third-order valence-electron chi connectivity index (χ3n) is 1.60. The molecule has 0 radical (unpaired) electrons. The number of rotatable bonds is 1. The van der Waals surface area contributed by atoms with Gasteiger partial charge >= 0.3 is 6.18 Å². The first-order valence-corrected chi connectivity index (χ1v) is 4.91. The first kappa shape index (κ1) is 11.0. The first-order valence-electron chi connectivity index (χ1n) is 3.30. The van der Waals surface area contributed by atoms with E-state index in [1.807, 2.05) is 0 Å². The molecule has 0 aromatic carbocycles. The molecule has 0 aliphatic heterocycles. The van der Waals surface area contributed by atoms with E-state index in [1.54, 1.807) is 0 Å². The van der Waals surface area contributed by atoms with Gasteiger partial charge in [-0.25, -0.2) is 0 Å². The van der Waals surface area contributed by atoms with Crippen molar-refractivity contribution in [3.8, 4) is 0 Å². The number of hydrogen-bond donors (Lipinski definition) is 1. The van der Waals surface area contributed by atoms with Crippen molar-refractivity contribution in [2.45, 2.75) is 18.7 Å². The lowest BCUT2D eigenvalue weighted by molar-refractivity contribution is -0.257. The minimum absolute atomic E-state index is 0.119. The Hall–Kier alpha value is -0.0700. The van der Waals surface area contributed by atoms with E-state index in [2.05, 4.69) is 15.9 Å². The third kappa shape index (κ3) is 2.05. The van der Waals surface area contributed by atoms with Crippen LogP contribution in [0.2, 0.25) is 0 Å². The fourth-order valence-electron chi connectivity index (χ4n) is 0.716. The molecular weight excluding hydrogens is 269 g/mol. The summed E-state index contributed by atoms with van der Waals surface area (Å²) in [6, 6.07) is 2.72. The molecule has 0 saturated carbocycles. The molecular formula is C7H6BrF3OS.